The average Bonchev–Trinajstić information content (AvgIpc) is 2.80. The van der Waals surface area contributed by atoms with Crippen molar-refractivity contribution in [1.82, 2.24) is 4.98 Å². The van der Waals surface area contributed by atoms with Crippen LogP contribution in [0, 0.1) is 0 Å². The first kappa shape index (κ1) is 24.6. The molecule has 0 fully saturated rings. The number of anilines is 2. The van der Waals surface area contributed by atoms with Crippen LogP contribution < -0.4 is 15.2 Å². The lowest BCUT2D eigenvalue weighted by atomic mass is 10.1. The minimum Gasteiger partial charge on any atom is -0.595 e. The molecular formula is C26H28N3O5-. The van der Waals surface area contributed by atoms with Gasteiger partial charge in [0.05, 0.1) is 7.11 Å². The van der Waals surface area contributed by atoms with Crippen LogP contribution in [0.4, 0.5) is 11.5 Å². The van der Waals surface area contributed by atoms with Crippen molar-refractivity contribution in [3.63, 3.8) is 0 Å². The molecule has 1 N–H and O–H groups in total. The van der Waals surface area contributed by atoms with Crippen LogP contribution in [0.15, 0.2) is 77.9 Å². The minimum absolute atomic E-state index is 0.195. The number of rotatable bonds is 8. The molecule has 34 heavy (non-hydrogen) atoms. The first-order chi connectivity index (χ1) is 16.2. The third-order valence-electron chi connectivity index (χ3n) is 4.51. The Morgan fingerprint density at radius 1 is 1.03 bits per heavy atom. The molecule has 1 atom stereocenters. The molecular weight excluding hydrogens is 434 g/mol. The molecule has 1 heterocycles. The predicted octanol–water partition coefficient (Wildman–Crippen LogP) is 4.23. The van der Waals surface area contributed by atoms with Crippen molar-refractivity contribution in [3.05, 3.63) is 78.5 Å². The zero-order valence-corrected chi connectivity index (χ0v) is 19.6. The number of carbonyl (C=O) groups is 1. The molecule has 3 rings (SSSR count). The van der Waals surface area contributed by atoms with Crippen LogP contribution >= 0.6 is 0 Å². The number of nitrogens with one attached hydrogen (secondary N) is 1. The Bertz CT molecular complexity index is 1090. The molecule has 0 saturated carbocycles. The van der Waals surface area contributed by atoms with Gasteiger partial charge in [0.1, 0.15) is 23.4 Å². The molecule has 8 nitrogen and oxygen atoms in total. The standard InChI is InChI=1S/C26H29N3O5/c1-26(2,3)34-25(31)29-22(24(30)32-4)17-18-8-12-20(13-9-18)33-21-14-10-19(11-15-21)28-23-7-5-6-16-27-23/h5-16,22H,17H2,1-4H3,(H,27,28)(H,29,31)/p-1/t22-/m0/s1. The summed E-state index contributed by atoms with van der Waals surface area (Å²) in [5.74, 6) is 1.46. The number of aromatic nitrogens is 1. The zero-order chi connectivity index (χ0) is 24.6. The second-order valence-electron chi connectivity index (χ2n) is 8.46. The van der Waals surface area contributed by atoms with Crippen LogP contribution in [0.1, 0.15) is 26.3 Å². The molecule has 1 aromatic heterocycles. The van der Waals surface area contributed by atoms with Crippen molar-refractivity contribution >= 4 is 23.6 Å². The number of hydrogen-bond acceptors (Lipinski definition) is 8. The number of esters is 1. The summed E-state index contributed by atoms with van der Waals surface area (Å²) in [6.45, 7) is 5.20. The van der Waals surface area contributed by atoms with E-state index in [2.05, 4.69) is 15.3 Å². The molecule has 0 saturated heterocycles. The molecule has 0 amide bonds. The lowest BCUT2D eigenvalue weighted by molar-refractivity contribution is -0.261. The maximum Gasteiger partial charge on any atom is 0.331 e. The Hall–Kier alpha value is -4.07. The van der Waals surface area contributed by atoms with Crippen LogP contribution in [0.25, 0.3) is 0 Å². The number of nitrogens with zero attached hydrogens (tertiary/aromatic N) is 2. The minimum atomic E-state index is -0.995. The van der Waals surface area contributed by atoms with Gasteiger partial charge in [0, 0.05) is 23.9 Å². The summed E-state index contributed by atoms with van der Waals surface area (Å²) in [4.78, 5) is 20.2. The van der Waals surface area contributed by atoms with E-state index < -0.39 is 23.7 Å². The molecule has 0 aliphatic rings. The van der Waals surface area contributed by atoms with Gasteiger partial charge in [-0.1, -0.05) is 39.0 Å². The summed E-state index contributed by atoms with van der Waals surface area (Å²) in [6, 6.07) is 19.4. The first-order valence-electron chi connectivity index (χ1n) is 10.8. The van der Waals surface area contributed by atoms with Crippen LogP contribution in [-0.2, 0) is 20.7 Å². The molecule has 0 aliphatic heterocycles. The molecule has 8 heteroatoms. The van der Waals surface area contributed by atoms with Crippen LogP contribution in [-0.4, -0.2) is 35.8 Å². The topological polar surface area (TPSA) is 105 Å². The van der Waals surface area contributed by atoms with E-state index in [-0.39, 0.29) is 6.42 Å². The van der Waals surface area contributed by atoms with Crippen molar-refractivity contribution in [2.24, 2.45) is 4.99 Å². The average molecular weight is 463 g/mol. The van der Waals surface area contributed by atoms with Crippen molar-refractivity contribution in [1.29, 1.82) is 0 Å². The maximum atomic E-state index is 12.1. The van der Waals surface area contributed by atoms with Gasteiger partial charge < -0.3 is 24.6 Å². The van der Waals surface area contributed by atoms with E-state index in [0.29, 0.717) is 11.5 Å². The second-order valence-corrected chi connectivity index (χ2v) is 8.46. The monoisotopic (exact) mass is 462 g/mol. The zero-order valence-electron chi connectivity index (χ0n) is 19.6. The molecule has 0 radical (unpaired) electrons. The van der Waals surface area contributed by atoms with Gasteiger partial charge in [0.2, 0.25) is 0 Å². The fourth-order valence-corrected chi connectivity index (χ4v) is 2.98. The Balaban J connectivity index is 1.62. The molecule has 178 valence electrons. The summed E-state index contributed by atoms with van der Waals surface area (Å²) in [5.41, 5.74) is 0.987. The number of carbonyl (C=O) groups excluding carboxylic acids is 1. The van der Waals surface area contributed by atoms with E-state index in [1.54, 1.807) is 39.1 Å². The van der Waals surface area contributed by atoms with Gasteiger partial charge in [-0.15, -0.1) is 0 Å². The third kappa shape index (κ3) is 7.81. The van der Waals surface area contributed by atoms with Gasteiger partial charge in [0.15, 0.2) is 6.04 Å². The van der Waals surface area contributed by atoms with Crippen LogP contribution in [0.3, 0.4) is 0 Å². The molecule has 0 spiro atoms. The second kappa shape index (κ2) is 11.2. The van der Waals surface area contributed by atoms with Gasteiger partial charge in [-0.3, -0.25) is 4.99 Å². The summed E-state index contributed by atoms with van der Waals surface area (Å²) >= 11 is 0. The summed E-state index contributed by atoms with van der Waals surface area (Å²) in [7, 11) is 1.26. The predicted molar refractivity (Wildman–Crippen MR) is 128 cm³/mol. The largest absolute Gasteiger partial charge is 0.595 e. The highest BCUT2D eigenvalue weighted by Gasteiger charge is 2.19. The number of pyridine rings is 1. The lowest BCUT2D eigenvalue weighted by Gasteiger charge is -2.30. The van der Waals surface area contributed by atoms with Crippen molar-refractivity contribution in [2.75, 3.05) is 12.4 Å². The van der Waals surface area contributed by atoms with E-state index >= 15 is 0 Å². The summed E-state index contributed by atoms with van der Waals surface area (Å²) < 4.78 is 15.9. The van der Waals surface area contributed by atoms with Gasteiger partial charge in [0.25, 0.3) is 0 Å². The van der Waals surface area contributed by atoms with E-state index in [0.717, 1.165) is 17.1 Å². The van der Waals surface area contributed by atoms with E-state index in [9.17, 15) is 9.90 Å². The Kier molecular flexibility index (Phi) is 8.08. The fraction of sp³-hybridized carbons (Fsp3) is 0.269. The van der Waals surface area contributed by atoms with Crippen molar-refractivity contribution < 1.29 is 24.1 Å². The normalized spacial score (nSPS) is 12.5. The molecule has 3 aromatic rings. The SMILES string of the molecule is COC(=O)[C@H](Cc1ccc(Oc2ccc(Nc3ccccn3)cc2)cc1)N=C([O-])OC(C)(C)C. The maximum absolute atomic E-state index is 12.1. The van der Waals surface area contributed by atoms with Gasteiger partial charge in [-0.2, -0.15) is 0 Å². The highest BCUT2D eigenvalue weighted by Crippen LogP contribution is 2.25. The Morgan fingerprint density at radius 3 is 2.24 bits per heavy atom. The molecule has 0 unspecified atom stereocenters. The number of hydrogen-bond donors (Lipinski definition) is 1. The van der Waals surface area contributed by atoms with Crippen molar-refractivity contribution in [2.45, 2.75) is 38.8 Å². The summed E-state index contributed by atoms with van der Waals surface area (Å²) in [5, 5.41) is 15.3. The lowest BCUT2D eigenvalue weighted by Crippen LogP contribution is -2.35. The quantitative estimate of drug-likeness (QED) is 0.303. The molecule has 0 aliphatic carbocycles. The number of ether oxygens (including phenoxy) is 3. The molecule has 2 aromatic carbocycles. The van der Waals surface area contributed by atoms with E-state index in [1.165, 1.54) is 7.11 Å². The number of methoxy groups -OCH3 is 1. The Labute approximate surface area is 199 Å². The molecule has 0 bridgehead atoms. The van der Waals surface area contributed by atoms with Gasteiger partial charge >= 0.3 is 5.97 Å². The van der Waals surface area contributed by atoms with Gasteiger partial charge in [-0.05, 0) is 54.1 Å². The first-order valence-corrected chi connectivity index (χ1v) is 10.8. The highest BCUT2D eigenvalue weighted by atomic mass is 16.6. The van der Waals surface area contributed by atoms with Crippen LogP contribution in [0.2, 0.25) is 0 Å². The number of benzene rings is 2. The van der Waals surface area contributed by atoms with Gasteiger partial charge in [-0.25, -0.2) is 9.78 Å². The van der Waals surface area contributed by atoms with Crippen LogP contribution in [0.5, 0.6) is 11.5 Å². The summed E-state index contributed by atoms with van der Waals surface area (Å²) in [6.07, 6.45) is 1.12. The van der Waals surface area contributed by atoms with E-state index in [1.807, 2.05) is 54.6 Å². The van der Waals surface area contributed by atoms with E-state index in [4.69, 9.17) is 14.2 Å². The third-order valence-corrected chi connectivity index (χ3v) is 4.51. The highest BCUT2D eigenvalue weighted by molar-refractivity contribution is 5.79. The fourth-order valence-electron chi connectivity index (χ4n) is 2.98. The number of aliphatic imine (C=N–C) groups is 1. The van der Waals surface area contributed by atoms with Crippen molar-refractivity contribution in [3.8, 4) is 11.5 Å². The smallest absolute Gasteiger partial charge is 0.331 e. The Morgan fingerprint density at radius 2 is 1.68 bits per heavy atom.